The monoisotopic (exact) mass is 272 g/mol. The maximum absolute atomic E-state index is 12.5. The normalized spacial score (nSPS) is 13.2. The van der Waals surface area contributed by atoms with Crippen molar-refractivity contribution >= 4 is 17.4 Å². The number of aryl methyl sites for hydroxylation is 1. The van der Waals surface area contributed by atoms with Gasteiger partial charge in [0.05, 0.1) is 5.57 Å². The highest BCUT2D eigenvalue weighted by atomic mass is 16.2. The van der Waals surface area contributed by atoms with Gasteiger partial charge in [0.1, 0.15) is 0 Å². The first-order valence-corrected chi connectivity index (χ1v) is 6.60. The minimum Gasteiger partial charge on any atom is -0.345 e. The van der Waals surface area contributed by atoms with E-state index in [2.05, 4.69) is 0 Å². The molecule has 1 aliphatic carbocycles. The Kier molecular flexibility index (Phi) is 3.66. The van der Waals surface area contributed by atoms with Crippen molar-refractivity contribution in [1.29, 1.82) is 0 Å². The standard InChI is InChI=1S/C16H20N2O2/c1-10-7-6-8-11-9-12(15(19)17(2)3)14(13(10)11)16(20)18(4)5/h6-8H,9H2,1-5H3. The van der Waals surface area contributed by atoms with Crippen LogP contribution < -0.4 is 0 Å². The van der Waals surface area contributed by atoms with Crippen LogP contribution in [0, 0.1) is 6.92 Å². The van der Waals surface area contributed by atoms with Crippen LogP contribution in [0.4, 0.5) is 0 Å². The van der Waals surface area contributed by atoms with Crippen molar-refractivity contribution in [3.05, 3.63) is 40.5 Å². The molecule has 1 aromatic rings. The van der Waals surface area contributed by atoms with Gasteiger partial charge in [0.15, 0.2) is 0 Å². The van der Waals surface area contributed by atoms with Gasteiger partial charge in [0.2, 0.25) is 5.91 Å². The van der Waals surface area contributed by atoms with Crippen LogP contribution >= 0.6 is 0 Å². The molecule has 0 atom stereocenters. The zero-order valence-corrected chi connectivity index (χ0v) is 12.7. The van der Waals surface area contributed by atoms with Crippen LogP contribution in [0.25, 0.3) is 5.57 Å². The molecule has 4 nitrogen and oxygen atoms in total. The molecule has 1 aromatic carbocycles. The highest BCUT2D eigenvalue weighted by molar-refractivity contribution is 6.27. The summed E-state index contributed by atoms with van der Waals surface area (Å²) in [7, 11) is 6.85. The molecule has 0 heterocycles. The van der Waals surface area contributed by atoms with Crippen molar-refractivity contribution in [3.8, 4) is 0 Å². The summed E-state index contributed by atoms with van der Waals surface area (Å²) in [5, 5.41) is 0. The second kappa shape index (κ2) is 5.12. The number of hydrogen-bond donors (Lipinski definition) is 0. The van der Waals surface area contributed by atoms with Gasteiger partial charge < -0.3 is 9.80 Å². The van der Waals surface area contributed by atoms with E-state index in [1.807, 2.05) is 25.1 Å². The Labute approximate surface area is 119 Å². The molecular weight excluding hydrogens is 252 g/mol. The van der Waals surface area contributed by atoms with E-state index in [1.165, 1.54) is 9.80 Å². The summed E-state index contributed by atoms with van der Waals surface area (Å²) in [5.41, 5.74) is 4.17. The van der Waals surface area contributed by atoms with Crippen molar-refractivity contribution in [2.75, 3.05) is 28.2 Å². The number of likely N-dealkylation sites (N-methyl/N-ethyl adjacent to an activating group) is 2. The Morgan fingerprint density at radius 2 is 1.60 bits per heavy atom. The van der Waals surface area contributed by atoms with E-state index in [-0.39, 0.29) is 11.8 Å². The van der Waals surface area contributed by atoms with Crippen LogP contribution in [-0.2, 0) is 16.0 Å². The number of nitrogens with zero attached hydrogens (tertiary/aromatic N) is 2. The molecule has 106 valence electrons. The van der Waals surface area contributed by atoms with Crippen molar-refractivity contribution in [3.63, 3.8) is 0 Å². The van der Waals surface area contributed by atoms with Gasteiger partial charge in [-0.05, 0) is 23.6 Å². The van der Waals surface area contributed by atoms with E-state index >= 15 is 0 Å². The number of hydrogen-bond acceptors (Lipinski definition) is 2. The van der Waals surface area contributed by atoms with Crippen molar-refractivity contribution in [1.82, 2.24) is 9.80 Å². The van der Waals surface area contributed by atoms with E-state index in [0.717, 1.165) is 16.7 Å². The van der Waals surface area contributed by atoms with Gasteiger partial charge in [0.25, 0.3) is 5.91 Å². The molecule has 0 bridgehead atoms. The minimum absolute atomic E-state index is 0.0919. The van der Waals surface area contributed by atoms with Gasteiger partial charge in [-0.25, -0.2) is 0 Å². The molecular formula is C16H20N2O2. The predicted molar refractivity (Wildman–Crippen MR) is 79.2 cm³/mol. The fourth-order valence-corrected chi connectivity index (χ4v) is 2.58. The third-order valence-corrected chi connectivity index (χ3v) is 3.56. The van der Waals surface area contributed by atoms with E-state index in [4.69, 9.17) is 0 Å². The van der Waals surface area contributed by atoms with E-state index < -0.39 is 0 Å². The molecule has 0 aromatic heterocycles. The summed E-state index contributed by atoms with van der Waals surface area (Å²) in [4.78, 5) is 27.9. The highest BCUT2D eigenvalue weighted by Gasteiger charge is 2.32. The molecule has 0 radical (unpaired) electrons. The molecule has 0 saturated heterocycles. The lowest BCUT2D eigenvalue weighted by Crippen LogP contribution is -2.28. The lowest BCUT2D eigenvalue weighted by atomic mass is 9.99. The average Bonchev–Trinajstić information content (AvgIpc) is 2.77. The van der Waals surface area contributed by atoms with Crippen molar-refractivity contribution < 1.29 is 9.59 Å². The number of benzene rings is 1. The van der Waals surface area contributed by atoms with Gasteiger partial charge in [-0.3, -0.25) is 9.59 Å². The fraction of sp³-hybridized carbons (Fsp3) is 0.375. The van der Waals surface area contributed by atoms with Crippen molar-refractivity contribution in [2.24, 2.45) is 0 Å². The molecule has 0 saturated carbocycles. The zero-order chi connectivity index (χ0) is 15.0. The molecule has 4 heteroatoms. The van der Waals surface area contributed by atoms with Crippen molar-refractivity contribution in [2.45, 2.75) is 13.3 Å². The summed E-state index contributed by atoms with van der Waals surface area (Å²) in [6, 6.07) is 5.93. The second-order valence-corrected chi connectivity index (χ2v) is 5.54. The van der Waals surface area contributed by atoms with Gasteiger partial charge in [-0.15, -0.1) is 0 Å². The molecule has 0 fully saturated rings. The van der Waals surface area contributed by atoms with Crippen LogP contribution in [0.2, 0.25) is 0 Å². The predicted octanol–water partition coefficient (Wildman–Crippen LogP) is 1.48. The summed E-state index contributed by atoms with van der Waals surface area (Å²) in [6.07, 6.45) is 0.531. The first-order chi connectivity index (χ1) is 9.34. The number of carbonyl (C=O) groups excluding carboxylic acids is 2. The minimum atomic E-state index is -0.108. The van der Waals surface area contributed by atoms with E-state index in [1.54, 1.807) is 28.2 Å². The molecule has 20 heavy (non-hydrogen) atoms. The maximum Gasteiger partial charge on any atom is 0.254 e. The largest absolute Gasteiger partial charge is 0.345 e. The number of carbonyl (C=O) groups is 2. The van der Waals surface area contributed by atoms with Crippen LogP contribution in [0.15, 0.2) is 23.8 Å². The topological polar surface area (TPSA) is 40.6 Å². The van der Waals surface area contributed by atoms with E-state index in [0.29, 0.717) is 17.6 Å². The fourth-order valence-electron chi connectivity index (χ4n) is 2.58. The molecule has 2 amide bonds. The molecule has 0 unspecified atom stereocenters. The third-order valence-electron chi connectivity index (χ3n) is 3.56. The summed E-state index contributed by atoms with van der Waals surface area (Å²) in [5.74, 6) is -0.200. The second-order valence-electron chi connectivity index (χ2n) is 5.54. The van der Waals surface area contributed by atoms with Crippen LogP contribution in [0.3, 0.4) is 0 Å². The van der Waals surface area contributed by atoms with Gasteiger partial charge in [-0.1, -0.05) is 18.2 Å². The summed E-state index contributed by atoms with van der Waals surface area (Å²) >= 11 is 0. The van der Waals surface area contributed by atoms with Gasteiger partial charge >= 0.3 is 0 Å². The smallest absolute Gasteiger partial charge is 0.254 e. The molecule has 0 spiro atoms. The Morgan fingerprint density at radius 1 is 1.00 bits per heavy atom. The quantitative estimate of drug-likeness (QED) is 0.818. The Bertz CT molecular complexity index is 613. The Balaban J connectivity index is 2.65. The summed E-state index contributed by atoms with van der Waals surface area (Å²) < 4.78 is 0. The summed E-state index contributed by atoms with van der Waals surface area (Å²) in [6.45, 7) is 1.98. The van der Waals surface area contributed by atoms with Crippen LogP contribution in [0.5, 0.6) is 0 Å². The zero-order valence-electron chi connectivity index (χ0n) is 12.7. The van der Waals surface area contributed by atoms with Crippen LogP contribution in [-0.4, -0.2) is 49.8 Å². The molecule has 0 aliphatic heterocycles. The lowest BCUT2D eigenvalue weighted by Gasteiger charge is -2.17. The Morgan fingerprint density at radius 3 is 2.15 bits per heavy atom. The molecule has 2 rings (SSSR count). The first kappa shape index (κ1) is 14.3. The van der Waals surface area contributed by atoms with Gasteiger partial charge in [-0.2, -0.15) is 0 Å². The SMILES string of the molecule is Cc1cccc2c1C(C(=O)N(C)C)=C(C(=O)N(C)C)C2. The number of amides is 2. The van der Waals surface area contributed by atoms with E-state index in [9.17, 15) is 9.59 Å². The first-order valence-electron chi connectivity index (χ1n) is 6.60. The average molecular weight is 272 g/mol. The maximum atomic E-state index is 12.5. The van der Waals surface area contributed by atoms with Crippen LogP contribution in [0.1, 0.15) is 16.7 Å². The number of fused-ring (bicyclic) bond motifs is 1. The lowest BCUT2D eigenvalue weighted by molar-refractivity contribution is -0.126. The molecule has 1 aliphatic rings. The highest BCUT2D eigenvalue weighted by Crippen LogP contribution is 2.36. The third kappa shape index (κ3) is 2.22. The molecule has 0 N–H and O–H groups in total. The number of rotatable bonds is 2. The Hall–Kier alpha value is -2.10. The van der Waals surface area contributed by atoms with Gasteiger partial charge in [0, 0.05) is 40.2 Å².